The summed E-state index contributed by atoms with van der Waals surface area (Å²) in [6.45, 7) is 3.26. The average Bonchev–Trinajstić information content (AvgIpc) is 3.68. The molecular formula is C30H29N9O2. The summed E-state index contributed by atoms with van der Waals surface area (Å²) in [5.41, 5.74) is 11.8. The molecule has 3 atom stereocenters. The first-order chi connectivity index (χ1) is 19.9. The topological polar surface area (TPSA) is 148 Å². The second-order valence-corrected chi connectivity index (χ2v) is 10.9. The number of nitrogens with zero attached hydrogens (tertiary/aromatic N) is 7. The molecule has 0 spiro atoms. The van der Waals surface area contributed by atoms with Gasteiger partial charge in [-0.05, 0) is 45.6 Å². The van der Waals surface area contributed by atoms with Crippen molar-refractivity contribution in [3.63, 3.8) is 0 Å². The van der Waals surface area contributed by atoms with Gasteiger partial charge in [-0.3, -0.25) is 19.7 Å². The maximum Gasteiger partial charge on any atom is 0.291 e. The first-order valence-electron chi connectivity index (χ1n) is 13.8. The molecule has 6 heterocycles. The number of amides is 1. The number of rotatable bonds is 5. The number of nitrogens with two attached hydrogens (primary N) is 1. The molecule has 2 aliphatic heterocycles. The van der Waals surface area contributed by atoms with Crippen molar-refractivity contribution in [2.45, 2.75) is 57.5 Å². The molecule has 4 aromatic heterocycles. The first kappa shape index (κ1) is 25.1. The number of hydrogen-bond acceptors (Lipinski definition) is 8. The standard InChI is InChI=1S/C30H29N9O2/c1-16(40)25-26(20-12-21-9-10-22(13-20)38(21)30(41)28-34-17(2)36-37-28)35-29-23(15-33-39(29)27(25)31)19-8-11-24(32-14-19)18-6-4-3-5-7-18/h3-8,11,14-15,20-22H,9-10,12-13,31H2,1-2H3,(H,34,36,37)/t20-,21+,22-. The smallest absolute Gasteiger partial charge is 0.291 e. The predicted molar refractivity (Wildman–Crippen MR) is 152 cm³/mol. The van der Waals surface area contributed by atoms with Crippen molar-refractivity contribution in [1.29, 1.82) is 0 Å². The monoisotopic (exact) mass is 547 g/mol. The molecule has 41 heavy (non-hydrogen) atoms. The lowest BCUT2D eigenvalue weighted by atomic mass is 9.85. The number of aromatic amines is 1. The van der Waals surface area contributed by atoms with Gasteiger partial charge in [0.1, 0.15) is 11.6 Å². The van der Waals surface area contributed by atoms with Gasteiger partial charge in [0.25, 0.3) is 5.91 Å². The van der Waals surface area contributed by atoms with Crippen molar-refractivity contribution in [2.24, 2.45) is 0 Å². The van der Waals surface area contributed by atoms with Crippen LogP contribution in [0.4, 0.5) is 5.82 Å². The molecule has 1 amide bonds. The van der Waals surface area contributed by atoms with Crippen LogP contribution in [-0.4, -0.2) is 63.4 Å². The maximum atomic E-state index is 13.3. The lowest BCUT2D eigenvalue weighted by Gasteiger charge is -2.38. The van der Waals surface area contributed by atoms with E-state index in [0.29, 0.717) is 35.6 Å². The van der Waals surface area contributed by atoms with Crippen LogP contribution in [0.25, 0.3) is 28.0 Å². The number of hydrogen-bond donors (Lipinski definition) is 2. The zero-order chi connectivity index (χ0) is 28.2. The highest BCUT2D eigenvalue weighted by atomic mass is 16.2. The van der Waals surface area contributed by atoms with Gasteiger partial charge >= 0.3 is 0 Å². The Bertz CT molecular complexity index is 1780. The third-order valence-electron chi connectivity index (χ3n) is 8.36. The van der Waals surface area contributed by atoms with E-state index in [9.17, 15) is 9.59 Å². The number of nitrogen functional groups attached to an aromatic ring is 1. The van der Waals surface area contributed by atoms with E-state index in [-0.39, 0.29) is 41.3 Å². The Morgan fingerprint density at radius 3 is 2.37 bits per heavy atom. The summed E-state index contributed by atoms with van der Waals surface area (Å²) in [6.07, 6.45) is 6.69. The maximum absolute atomic E-state index is 13.3. The number of piperidine rings is 1. The van der Waals surface area contributed by atoms with Crippen molar-refractivity contribution in [2.75, 3.05) is 5.73 Å². The molecule has 0 unspecified atom stereocenters. The number of aromatic nitrogens is 7. The molecule has 0 saturated carbocycles. The molecular weight excluding hydrogens is 518 g/mol. The summed E-state index contributed by atoms with van der Waals surface area (Å²) >= 11 is 0. The molecule has 7 rings (SSSR count). The second kappa shape index (κ2) is 9.61. The zero-order valence-electron chi connectivity index (χ0n) is 22.8. The summed E-state index contributed by atoms with van der Waals surface area (Å²) < 4.78 is 1.54. The molecule has 2 bridgehead atoms. The number of fused-ring (bicyclic) bond motifs is 3. The van der Waals surface area contributed by atoms with Gasteiger partial charge in [-0.1, -0.05) is 36.4 Å². The number of nitrogens with one attached hydrogen (secondary N) is 1. The zero-order valence-corrected chi connectivity index (χ0v) is 22.8. The minimum atomic E-state index is -0.152. The van der Waals surface area contributed by atoms with Crippen LogP contribution < -0.4 is 5.73 Å². The molecule has 0 aliphatic carbocycles. The van der Waals surface area contributed by atoms with Crippen molar-refractivity contribution >= 4 is 23.2 Å². The van der Waals surface area contributed by atoms with Gasteiger partial charge in [-0.15, -0.1) is 0 Å². The fraction of sp³-hybridized carbons (Fsp3) is 0.300. The lowest BCUT2D eigenvalue weighted by molar-refractivity contribution is 0.0556. The quantitative estimate of drug-likeness (QED) is 0.311. The highest BCUT2D eigenvalue weighted by molar-refractivity contribution is 6.00. The number of carbonyl (C=O) groups is 2. The number of H-pyrrole nitrogens is 1. The van der Waals surface area contributed by atoms with Gasteiger partial charge in [0.05, 0.1) is 23.1 Å². The van der Waals surface area contributed by atoms with Crippen LogP contribution in [0.1, 0.15) is 71.0 Å². The first-order valence-corrected chi connectivity index (χ1v) is 13.8. The fourth-order valence-corrected chi connectivity index (χ4v) is 6.52. The SMILES string of the molecule is CC(=O)c1c([C@H]2C[C@H]3CC[C@@H](C2)N3C(=O)c2nc(C)n[nH]2)nc2c(-c3ccc(-c4ccccc4)nc3)cnn2c1N. The Morgan fingerprint density at radius 1 is 0.976 bits per heavy atom. The Morgan fingerprint density at radius 2 is 1.73 bits per heavy atom. The Hall–Kier alpha value is -4.93. The van der Waals surface area contributed by atoms with E-state index < -0.39 is 0 Å². The highest BCUT2D eigenvalue weighted by Gasteiger charge is 2.46. The van der Waals surface area contributed by atoms with Crippen LogP contribution in [-0.2, 0) is 0 Å². The molecule has 206 valence electrons. The Balaban J connectivity index is 1.25. The largest absolute Gasteiger partial charge is 0.383 e. The highest BCUT2D eigenvalue weighted by Crippen LogP contribution is 2.45. The van der Waals surface area contributed by atoms with Crippen LogP contribution in [0.5, 0.6) is 0 Å². The summed E-state index contributed by atoms with van der Waals surface area (Å²) in [5.74, 6) is 0.774. The van der Waals surface area contributed by atoms with E-state index in [1.807, 2.05) is 53.6 Å². The molecule has 11 nitrogen and oxygen atoms in total. The molecule has 5 aromatic rings. The van der Waals surface area contributed by atoms with E-state index in [2.05, 4.69) is 25.3 Å². The van der Waals surface area contributed by atoms with E-state index in [0.717, 1.165) is 35.2 Å². The minimum absolute atomic E-state index is 0.0230. The summed E-state index contributed by atoms with van der Waals surface area (Å²) in [7, 11) is 0. The number of Topliss-reactive ketones (excluding diaryl/α,β-unsaturated/α-hetero) is 1. The van der Waals surface area contributed by atoms with Gasteiger partial charge in [0.15, 0.2) is 11.4 Å². The fourth-order valence-electron chi connectivity index (χ4n) is 6.52. The Kier molecular flexibility index (Phi) is 5.88. The van der Waals surface area contributed by atoms with Gasteiger partial charge in [-0.2, -0.15) is 14.7 Å². The van der Waals surface area contributed by atoms with Crippen LogP contribution in [0.3, 0.4) is 0 Å². The van der Waals surface area contributed by atoms with E-state index >= 15 is 0 Å². The number of benzene rings is 1. The minimum Gasteiger partial charge on any atom is -0.383 e. The molecule has 11 heteroatoms. The van der Waals surface area contributed by atoms with E-state index in [1.54, 1.807) is 17.6 Å². The van der Waals surface area contributed by atoms with Crippen LogP contribution in [0.15, 0.2) is 54.9 Å². The summed E-state index contributed by atoms with van der Waals surface area (Å²) in [5, 5.41) is 11.3. The number of anilines is 1. The van der Waals surface area contributed by atoms with E-state index in [4.69, 9.17) is 10.7 Å². The molecule has 0 radical (unpaired) electrons. The third kappa shape index (κ3) is 4.16. The van der Waals surface area contributed by atoms with Crippen molar-refractivity contribution in [1.82, 2.24) is 39.7 Å². The number of carbonyl (C=O) groups excluding carboxylic acids is 2. The normalized spacial score (nSPS) is 20.0. The molecule has 2 fully saturated rings. The molecule has 2 aliphatic rings. The molecule has 2 saturated heterocycles. The lowest BCUT2D eigenvalue weighted by Crippen LogP contribution is -2.46. The van der Waals surface area contributed by atoms with Gasteiger partial charge < -0.3 is 10.6 Å². The van der Waals surface area contributed by atoms with Gasteiger partial charge in [0.2, 0.25) is 5.82 Å². The third-order valence-corrected chi connectivity index (χ3v) is 8.36. The van der Waals surface area contributed by atoms with Crippen molar-refractivity contribution in [3.8, 4) is 22.4 Å². The van der Waals surface area contributed by atoms with Gasteiger partial charge in [0, 0.05) is 40.9 Å². The van der Waals surface area contributed by atoms with Crippen LogP contribution in [0, 0.1) is 6.92 Å². The number of pyridine rings is 1. The average molecular weight is 548 g/mol. The Labute approximate surface area is 235 Å². The van der Waals surface area contributed by atoms with Crippen molar-refractivity contribution < 1.29 is 9.59 Å². The predicted octanol–water partition coefficient (Wildman–Crippen LogP) is 4.22. The van der Waals surface area contributed by atoms with E-state index in [1.165, 1.54) is 6.92 Å². The molecule has 1 aromatic carbocycles. The molecule has 3 N–H and O–H groups in total. The van der Waals surface area contributed by atoms with Gasteiger partial charge in [-0.25, -0.2) is 9.97 Å². The van der Waals surface area contributed by atoms with Crippen molar-refractivity contribution in [3.05, 3.63) is 77.8 Å². The number of ketones is 1. The number of aryl methyl sites for hydroxylation is 1. The summed E-state index contributed by atoms with van der Waals surface area (Å²) in [6, 6.07) is 14.0. The van der Waals surface area contributed by atoms with Crippen LogP contribution >= 0.6 is 0 Å². The second-order valence-electron chi connectivity index (χ2n) is 10.9. The summed E-state index contributed by atoms with van der Waals surface area (Å²) in [4.78, 5) is 42.1. The van der Waals surface area contributed by atoms with Crippen LogP contribution in [0.2, 0.25) is 0 Å².